The molecule has 0 aliphatic carbocycles. The van der Waals surface area contributed by atoms with Crippen molar-refractivity contribution in [2.24, 2.45) is 5.41 Å². The number of rotatable bonds is 7. The summed E-state index contributed by atoms with van der Waals surface area (Å²) in [6.07, 6.45) is 2.88. The molecule has 1 rings (SSSR count). The van der Waals surface area contributed by atoms with Crippen LogP contribution in [0.3, 0.4) is 0 Å². The largest absolute Gasteiger partial charge is 0.359 e. The molecule has 0 unspecified atom stereocenters. The minimum atomic E-state index is -0.398. The normalized spacial score (nSPS) is 11.6. The van der Waals surface area contributed by atoms with Gasteiger partial charge in [0, 0.05) is 32.9 Å². The van der Waals surface area contributed by atoms with E-state index in [0.29, 0.717) is 6.54 Å². The lowest BCUT2D eigenvalue weighted by Crippen LogP contribution is -2.42. The van der Waals surface area contributed by atoms with E-state index < -0.39 is 5.41 Å². The van der Waals surface area contributed by atoms with Crippen LogP contribution in [0.4, 0.5) is 0 Å². The average molecular weight is 252 g/mol. The summed E-state index contributed by atoms with van der Waals surface area (Å²) in [6, 6.07) is 2.01. The maximum atomic E-state index is 11.6. The first-order valence-corrected chi connectivity index (χ1v) is 6.45. The van der Waals surface area contributed by atoms with Crippen LogP contribution in [0.5, 0.6) is 0 Å². The number of aromatic nitrogens is 2. The van der Waals surface area contributed by atoms with E-state index in [-0.39, 0.29) is 5.91 Å². The van der Waals surface area contributed by atoms with E-state index in [9.17, 15) is 4.79 Å². The van der Waals surface area contributed by atoms with Crippen LogP contribution in [-0.2, 0) is 17.9 Å². The molecule has 0 spiro atoms. The van der Waals surface area contributed by atoms with Crippen molar-refractivity contribution in [3.05, 3.63) is 18.0 Å². The van der Waals surface area contributed by atoms with Crippen molar-refractivity contribution in [3.63, 3.8) is 0 Å². The van der Waals surface area contributed by atoms with Gasteiger partial charge >= 0.3 is 0 Å². The molecule has 0 saturated heterocycles. The molecule has 1 heterocycles. The van der Waals surface area contributed by atoms with Crippen LogP contribution in [0.25, 0.3) is 0 Å². The molecule has 0 atom stereocenters. The Labute approximate surface area is 109 Å². The van der Waals surface area contributed by atoms with Gasteiger partial charge in [-0.2, -0.15) is 5.10 Å². The zero-order valence-electron chi connectivity index (χ0n) is 11.8. The van der Waals surface area contributed by atoms with Crippen LogP contribution in [0.1, 0.15) is 32.9 Å². The van der Waals surface area contributed by atoms with E-state index in [4.69, 9.17) is 0 Å². The molecule has 0 aliphatic heterocycles. The molecule has 5 heteroatoms. The van der Waals surface area contributed by atoms with Gasteiger partial charge in [0.1, 0.15) is 0 Å². The Bertz CT molecular complexity index is 384. The molecule has 0 radical (unpaired) electrons. The Morgan fingerprint density at radius 1 is 1.50 bits per heavy atom. The minimum absolute atomic E-state index is 0.0528. The van der Waals surface area contributed by atoms with Crippen molar-refractivity contribution < 1.29 is 4.79 Å². The molecule has 102 valence electrons. The zero-order valence-corrected chi connectivity index (χ0v) is 11.8. The van der Waals surface area contributed by atoms with Crippen LogP contribution in [0.15, 0.2) is 12.3 Å². The molecule has 1 aromatic heterocycles. The lowest BCUT2D eigenvalue weighted by atomic mass is 9.92. The highest BCUT2D eigenvalue weighted by Crippen LogP contribution is 2.13. The molecule has 0 aromatic carbocycles. The number of hydrogen-bond acceptors (Lipinski definition) is 3. The van der Waals surface area contributed by atoms with Gasteiger partial charge in [0.2, 0.25) is 5.91 Å². The van der Waals surface area contributed by atoms with E-state index in [2.05, 4.69) is 22.7 Å². The van der Waals surface area contributed by atoms with Gasteiger partial charge in [-0.1, -0.05) is 6.92 Å². The fourth-order valence-electron chi connectivity index (χ4n) is 1.85. The summed E-state index contributed by atoms with van der Waals surface area (Å²) >= 11 is 0. The molecular formula is C13H24N4O. The molecule has 5 nitrogen and oxygen atoms in total. The van der Waals surface area contributed by atoms with Crippen molar-refractivity contribution in [3.8, 4) is 0 Å². The summed E-state index contributed by atoms with van der Waals surface area (Å²) in [5.74, 6) is 0.0528. The van der Waals surface area contributed by atoms with Gasteiger partial charge in [-0.3, -0.25) is 9.48 Å². The number of carbonyl (C=O) groups excluding carboxylic acids is 1. The molecule has 0 fully saturated rings. The first kappa shape index (κ1) is 14.7. The molecule has 1 aromatic rings. The van der Waals surface area contributed by atoms with Crippen LogP contribution in [-0.4, -0.2) is 29.3 Å². The van der Waals surface area contributed by atoms with Crippen LogP contribution < -0.4 is 10.6 Å². The third-order valence-corrected chi connectivity index (χ3v) is 2.95. The SMILES string of the molecule is CCCn1nccc1CNCC(C)(C)C(=O)NC. The number of hydrogen-bond donors (Lipinski definition) is 2. The second kappa shape index (κ2) is 6.54. The topological polar surface area (TPSA) is 59.0 Å². The number of nitrogens with zero attached hydrogens (tertiary/aromatic N) is 2. The number of amides is 1. The van der Waals surface area contributed by atoms with Crippen molar-refractivity contribution in [2.45, 2.75) is 40.3 Å². The molecule has 0 aliphatic rings. The van der Waals surface area contributed by atoms with E-state index in [0.717, 1.165) is 25.2 Å². The van der Waals surface area contributed by atoms with E-state index >= 15 is 0 Å². The first-order valence-electron chi connectivity index (χ1n) is 6.45. The second-order valence-electron chi connectivity index (χ2n) is 5.11. The Morgan fingerprint density at radius 3 is 2.83 bits per heavy atom. The lowest BCUT2D eigenvalue weighted by Gasteiger charge is -2.23. The quantitative estimate of drug-likeness (QED) is 0.765. The monoisotopic (exact) mass is 252 g/mol. The third kappa shape index (κ3) is 3.84. The molecule has 0 bridgehead atoms. The standard InChI is InChI=1S/C13H24N4O/c1-5-8-17-11(6-7-16-17)9-15-10-13(2,3)12(18)14-4/h6-7,15H,5,8-10H2,1-4H3,(H,14,18). The number of nitrogens with one attached hydrogen (secondary N) is 2. The summed E-state index contributed by atoms with van der Waals surface area (Å²) in [5.41, 5.74) is 0.759. The Morgan fingerprint density at radius 2 is 2.22 bits per heavy atom. The highest BCUT2D eigenvalue weighted by atomic mass is 16.2. The van der Waals surface area contributed by atoms with E-state index in [1.54, 1.807) is 7.05 Å². The minimum Gasteiger partial charge on any atom is -0.359 e. The molecular weight excluding hydrogens is 228 g/mol. The molecule has 2 N–H and O–H groups in total. The zero-order chi connectivity index (χ0) is 13.6. The van der Waals surface area contributed by atoms with Crippen LogP contribution in [0, 0.1) is 5.41 Å². The predicted molar refractivity (Wildman–Crippen MR) is 72.1 cm³/mol. The second-order valence-corrected chi connectivity index (χ2v) is 5.11. The maximum absolute atomic E-state index is 11.6. The van der Waals surface area contributed by atoms with Crippen LogP contribution in [0.2, 0.25) is 0 Å². The Hall–Kier alpha value is -1.36. The maximum Gasteiger partial charge on any atom is 0.226 e. The van der Waals surface area contributed by atoms with Gasteiger partial charge in [0.25, 0.3) is 0 Å². The average Bonchev–Trinajstić information content (AvgIpc) is 2.76. The summed E-state index contributed by atoms with van der Waals surface area (Å²) in [5, 5.41) is 10.3. The first-order chi connectivity index (χ1) is 8.51. The van der Waals surface area contributed by atoms with Crippen molar-refractivity contribution >= 4 is 5.91 Å². The number of carbonyl (C=O) groups is 1. The highest BCUT2D eigenvalue weighted by Gasteiger charge is 2.25. The Balaban J connectivity index is 2.46. The summed E-state index contributed by atoms with van der Waals surface area (Å²) in [7, 11) is 1.67. The fraction of sp³-hybridized carbons (Fsp3) is 0.692. The van der Waals surface area contributed by atoms with Crippen molar-refractivity contribution in [2.75, 3.05) is 13.6 Å². The van der Waals surface area contributed by atoms with Gasteiger partial charge in [0.05, 0.1) is 11.1 Å². The summed E-state index contributed by atoms with van der Waals surface area (Å²) in [4.78, 5) is 11.6. The van der Waals surface area contributed by atoms with E-state index in [1.807, 2.05) is 30.8 Å². The number of aryl methyl sites for hydroxylation is 1. The molecule has 18 heavy (non-hydrogen) atoms. The smallest absolute Gasteiger partial charge is 0.226 e. The van der Waals surface area contributed by atoms with E-state index in [1.165, 1.54) is 0 Å². The highest BCUT2D eigenvalue weighted by molar-refractivity contribution is 5.81. The lowest BCUT2D eigenvalue weighted by molar-refractivity contribution is -0.128. The van der Waals surface area contributed by atoms with Gasteiger partial charge in [-0.15, -0.1) is 0 Å². The predicted octanol–water partition coefficient (Wildman–Crippen LogP) is 1.15. The van der Waals surface area contributed by atoms with Gasteiger partial charge in [-0.25, -0.2) is 0 Å². The van der Waals surface area contributed by atoms with Gasteiger partial charge in [0.15, 0.2) is 0 Å². The van der Waals surface area contributed by atoms with Gasteiger partial charge in [-0.05, 0) is 26.3 Å². The van der Waals surface area contributed by atoms with Crippen LogP contribution >= 0.6 is 0 Å². The fourth-order valence-corrected chi connectivity index (χ4v) is 1.85. The summed E-state index contributed by atoms with van der Waals surface area (Å²) in [6.45, 7) is 8.31. The van der Waals surface area contributed by atoms with Gasteiger partial charge < -0.3 is 10.6 Å². The third-order valence-electron chi connectivity index (χ3n) is 2.95. The Kier molecular flexibility index (Phi) is 5.34. The van der Waals surface area contributed by atoms with Crippen molar-refractivity contribution in [1.82, 2.24) is 20.4 Å². The van der Waals surface area contributed by atoms with Crippen molar-refractivity contribution in [1.29, 1.82) is 0 Å². The molecule has 1 amide bonds. The summed E-state index contributed by atoms with van der Waals surface area (Å²) < 4.78 is 2.00. The molecule has 0 saturated carbocycles.